The summed E-state index contributed by atoms with van der Waals surface area (Å²) in [7, 11) is 0. The van der Waals surface area contributed by atoms with Gasteiger partial charge in [-0.3, -0.25) is 4.79 Å². The van der Waals surface area contributed by atoms with Gasteiger partial charge in [0.05, 0.1) is 31.4 Å². The molecule has 0 radical (unpaired) electrons. The molecule has 0 unspecified atom stereocenters. The number of rotatable bonds is 4. The van der Waals surface area contributed by atoms with Gasteiger partial charge in [0, 0.05) is 6.54 Å². The summed E-state index contributed by atoms with van der Waals surface area (Å²) in [6.45, 7) is 2.00. The Bertz CT molecular complexity index is 698. The highest BCUT2D eigenvalue weighted by atomic mass is 16.7. The first kappa shape index (κ1) is 16.2. The largest absolute Gasteiger partial charge is 0.348 e. The zero-order valence-corrected chi connectivity index (χ0v) is 14.0. The Morgan fingerprint density at radius 2 is 1.96 bits per heavy atom. The van der Waals surface area contributed by atoms with E-state index in [0.29, 0.717) is 19.6 Å². The molecule has 0 N–H and O–H groups in total. The molecule has 2 aromatic rings. The van der Waals surface area contributed by atoms with Gasteiger partial charge in [-0.25, -0.2) is 4.68 Å². The van der Waals surface area contributed by atoms with E-state index in [4.69, 9.17) is 9.47 Å². The summed E-state index contributed by atoms with van der Waals surface area (Å²) in [5, 5.41) is 11.1. The van der Waals surface area contributed by atoms with E-state index in [1.54, 1.807) is 11.0 Å². The van der Waals surface area contributed by atoms with Crippen molar-refractivity contribution >= 4 is 5.91 Å². The van der Waals surface area contributed by atoms with Crippen LogP contribution < -0.4 is 0 Å². The second kappa shape index (κ2) is 7.28. The van der Waals surface area contributed by atoms with Gasteiger partial charge in [-0.15, -0.1) is 5.10 Å². The third-order valence-corrected chi connectivity index (χ3v) is 4.74. The molecule has 2 fully saturated rings. The molecule has 1 aromatic carbocycles. The second-order valence-corrected chi connectivity index (χ2v) is 6.36. The van der Waals surface area contributed by atoms with Crippen LogP contribution in [-0.2, 0) is 20.7 Å². The Balaban J connectivity index is 1.43. The molecule has 132 valence electrons. The standard InChI is InChI=1S/C17H21N5O3/c23-16(21-8-2-1-3-15(21)17-24-9-10-25-17)11-13-4-6-14(7-5-13)22-12-18-19-20-22/h4-7,12,15,17H,1-3,8-11H2/t15-/m0/s1. The van der Waals surface area contributed by atoms with Gasteiger partial charge < -0.3 is 14.4 Å². The molecule has 0 saturated carbocycles. The maximum atomic E-state index is 12.8. The van der Waals surface area contributed by atoms with Crippen molar-refractivity contribution in [3.05, 3.63) is 36.2 Å². The van der Waals surface area contributed by atoms with Gasteiger partial charge in [-0.1, -0.05) is 12.1 Å². The normalized spacial score (nSPS) is 21.6. The van der Waals surface area contributed by atoms with Crippen LogP contribution in [0.3, 0.4) is 0 Å². The summed E-state index contributed by atoms with van der Waals surface area (Å²) in [5.74, 6) is 0.124. The minimum absolute atomic E-state index is 0.0317. The lowest BCUT2D eigenvalue weighted by Crippen LogP contribution is -2.50. The van der Waals surface area contributed by atoms with Gasteiger partial charge in [0.2, 0.25) is 5.91 Å². The van der Waals surface area contributed by atoms with E-state index in [1.165, 1.54) is 0 Å². The summed E-state index contributed by atoms with van der Waals surface area (Å²) in [6.07, 6.45) is 4.73. The maximum absolute atomic E-state index is 12.8. The molecule has 1 amide bonds. The van der Waals surface area contributed by atoms with Crippen molar-refractivity contribution in [2.24, 2.45) is 0 Å². The van der Waals surface area contributed by atoms with Crippen molar-refractivity contribution in [2.75, 3.05) is 19.8 Å². The average Bonchev–Trinajstić information content (AvgIpc) is 3.36. The minimum atomic E-state index is -0.272. The van der Waals surface area contributed by atoms with Gasteiger partial charge in [-0.2, -0.15) is 0 Å². The number of hydrogen-bond acceptors (Lipinski definition) is 6. The molecular weight excluding hydrogens is 322 g/mol. The van der Waals surface area contributed by atoms with Crippen LogP contribution in [0, 0.1) is 0 Å². The van der Waals surface area contributed by atoms with E-state index in [2.05, 4.69) is 15.5 Å². The van der Waals surface area contributed by atoms with E-state index in [9.17, 15) is 4.79 Å². The summed E-state index contributed by atoms with van der Waals surface area (Å²) < 4.78 is 12.9. The lowest BCUT2D eigenvalue weighted by molar-refractivity contribution is -0.149. The predicted molar refractivity (Wildman–Crippen MR) is 87.9 cm³/mol. The number of carbonyl (C=O) groups excluding carboxylic acids is 1. The number of likely N-dealkylation sites (tertiary alicyclic amines) is 1. The number of tetrazole rings is 1. The Morgan fingerprint density at radius 1 is 1.16 bits per heavy atom. The van der Waals surface area contributed by atoms with Crippen molar-refractivity contribution in [1.82, 2.24) is 25.1 Å². The molecular formula is C17H21N5O3. The van der Waals surface area contributed by atoms with Crippen LogP contribution in [0.2, 0.25) is 0 Å². The van der Waals surface area contributed by atoms with Crippen LogP contribution in [0.1, 0.15) is 24.8 Å². The summed E-state index contributed by atoms with van der Waals surface area (Å²) >= 11 is 0. The van der Waals surface area contributed by atoms with Gasteiger partial charge in [0.25, 0.3) is 0 Å². The van der Waals surface area contributed by atoms with Crippen LogP contribution in [0.15, 0.2) is 30.6 Å². The smallest absolute Gasteiger partial charge is 0.227 e. The lowest BCUT2D eigenvalue weighted by Gasteiger charge is -2.38. The number of piperidine rings is 1. The molecule has 2 saturated heterocycles. The number of nitrogens with zero attached hydrogens (tertiary/aromatic N) is 5. The highest BCUT2D eigenvalue weighted by Crippen LogP contribution is 2.25. The fourth-order valence-electron chi connectivity index (χ4n) is 3.47. The zero-order valence-electron chi connectivity index (χ0n) is 14.0. The molecule has 0 aliphatic carbocycles. The number of hydrogen-bond donors (Lipinski definition) is 0. The molecule has 8 heteroatoms. The molecule has 3 heterocycles. The van der Waals surface area contributed by atoms with E-state index >= 15 is 0 Å². The second-order valence-electron chi connectivity index (χ2n) is 6.36. The van der Waals surface area contributed by atoms with Gasteiger partial charge in [-0.05, 0) is 47.4 Å². The van der Waals surface area contributed by atoms with Crippen LogP contribution in [0.5, 0.6) is 0 Å². The van der Waals surface area contributed by atoms with Crippen molar-refractivity contribution in [1.29, 1.82) is 0 Å². The van der Waals surface area contributed by atoms with E-state index < -0.39 is 0 Å². The first-order chi connectivity index (χ1) is 12.3. The fourth-order valence-corrected chi connectivity index (χ4v) is 3.47. The van der Waals surface area contributed by atoms with Gasteiger partial charge >= 0.3 is 0 Å². The van der Waals surface area contributed by atoms with Crippen molar-refractivity contribution < 1.29 is 14.3 Å². The van der Waals surface area contributed by atoms with Crippen LogP contribution in [0.4, 0.5) is 0 Å². The van der Waals surface area contributed by atoms with Gasteiger partial charge in [0.15, 0.2) is 6.29 Å². The number of carbonyl (C=O) groups is 1. The molecule has 2 aliphatic rings. The van der Waals surface area contributed by atoms with Crippen molar-refractivity contribution in [3.63, 3.8) is 0 Å². The van der Waals surface area contributed by atoms with Crippen LogP contribution >= 0.6 is 0 Å². The predicted octanol–water partition coefficient (Wildman–Crippen LogP) is 0.959. The molecule has 0 spiro atoms. The van der Waals surface area contributed by atoms with E-state index in [0.717, 1.165) is 37.1 Å². The lowest BCUT2D eigenvalue weighted by atomic mass is 10.00. The fraction of sp³-hybridized carbons (Fsp3) is 0.529. The van der Waals surface area contributed by atoms with Crippen LogP contribution in [-0.4, -0.2) is 63.1 Å². The summed E-state index contributed by atoms with van der Waals surface area (Å²) in [4.78, 5) is 14.8. The third kappa shape index (κ3) is 3.54. The van der Waals surface area contributed by atoms with Crippen molar-refractivity contribution in [3.8, 4) is 5.69 Å². The average molecular weight is 343 g/mol. The number of ether oxygens (including phenoxy) is 2. The molecule has 1 atom stereocenters. The Labute approximate surface area is 145 Å². The number of aromatic nitrogens is 4. The summed E-state index contributed by atoms with van der Waals surface area (Å²) in [5.41, 5.74) is 1.84. The Kier molecular flexibility index (Phi) is 4.71. The van der Waals surface area contributed by atoms with E-state index in [-0.39, 0.29) is 18.2 Å². The zero-order chi connectivity index (χ0) is 17.1. The first-order valence-corrected chi connectivity index (χ1v) is 8.66. The maximum Gasteiger partial charge on any atom is 0.227 e. The Hall–Kier alpha value is -2.32. The molecule has 8 nitrogen and oxygen atoms in total. The summed E-state index contributed by atoms with van der Waals surface area (Å²) in [6, 6.07) is 7.74. The highest BCUT2D eigenvalue weighted by Gasteiger charge is 2.35. The topological polar surface area (TPSA) is 82.4 Å². The molecule has 2 aliphatic heterocycles. The molecule has 1 aromatic heterocycles. The van der Waals surface area contributed by atoms with E-state index in [1.807, 2.05) is 29.2 Å². The quantitative estimate of drug-likeness (QED) is 0.822. The van der Waals surface area contributed by atoms with Crippen LogP contribution in [0.25, 0.3) is 5.69 Å². The monoisotopic (exact) mass is 343 g/mol. The first-order valence-electron chi connectivity index (χ1n) is 8.66. The molecule has 25 heavy (non-hydrogen) atoms. The van der Waals surface area contributed by atoms with Crippen molar-refractivity contribution in [2.45, 2.75) is 38.0 Å². The number of benzene rings is 1. The SMILES string of the molecule is O=C(Cc1ccc(-n2cnnn2)cc1)N1CCCC[C@H]1C1OCCO1. The Morgan fingerprint density at radius 3 is 2.68 bits per heavy atom. The molecule has 4 rings (SSSR count). The molecule has 0 bridgehead atoms. The number of amides is 1. The minimum Gasteiger partial charge on any atom is -0.348 e. The third-order valence-electron chi connectivity index (χ3n) is 4.74. The van der Waals surface area contributed by atoms with Gasteiger partial charge in [0.1, 0.15) is 6.33 Å². The highest BCUT2D eigenvalue weighted by molar-refractivity contribution is 5.79.